The number of fused-ring (bicyclic) bond motifs is 1. The second-order valence-electron chi connectivity index (χ2n) is 9.87. The average Bonchev–Trinajstić information content (AvgIpc) is 3.33. The van der Waals surface area contributed by atoms with E-state index in [4.69, 9.17) is 23.2 Å². The quantitative estimate of drug-likeness (QED) is 0.297. The monoisotopic (exact) mass is 563 g/mol. The Labute approximate surface area is 229 Å². The van der Waals surface area contributed by atoms with E-state index < -0.39 is 42.0 Å². The number of H-pyrrole nitrogens is 1. The van der Waals surface area contributed by atoms with Crippen molar-refractivity contribution in [3.63, 3.8) is 0 Å². The number of ketones is 1. The van der Waals surface area contributed by atoms with E-state index in [1.54, 1.807) is 18.2 Å². The van der Waals surface area contributed by atoms with Gasteiger partial charge in [-0.05, 0) is 50.3 Å². The molecule has 2 aliphatic rings. The van der Waals surface area contributed by atoms with Gasteiger partial charge in [0.25, 0.3) is 11.8 Å². The zero-order valence-corrected chi connectivity index (χ0v) is 22.3. The molecule has 1 aliphatic heterocycles. The summed E-state index contributed by atoms with van der Waals surface area (Å²) in [6, 6.07) is 3.47. The van der Waals surface area contributed by atoms with Crippen LogP contribution in [-0.2, 0) is 19.2 Å². The van der Waals surface area contributed by atoms with Gasteiger partial charge in [0.2, 0.25) is 17.6 Å². The number of halogens is 2. The SMILES string of the molecule is O=C(CNC(=O)c1cc2c(Cl)cc(Cl)cc2[nH]1)NC(CC1CCCNC1=O)C(=O)C(=O)NC1CCCCC1. The first-order valence-electron chi connectivity index (χ1n) is 12.9. The molecule has 0 spiro atoms. The van der Waals surface area contributed by atoms with Crippen LogP contribution < -0.4 is 21.3 Å². The third kappa shape index (κ3) is 7.05. The Balaban J connectivity index is 1.39. The fourth-order valence-corrected chi connectivity index (χ4v) is 5.57. The molecular weight excluding hydrogens is 533 g/mol. The summed E-state index contributed by atoms with van der Waals surface area (Å²) in [7, 11) is 0. The molecule has 38 heavy (non-hydrogen) atoms. The summed E-state index contributed by atoms with van der Waals surface area (Å²) in [6.45, 7) is 0.118. The second kappa shape index (κ2) is 12.6. The molecule has 5 N–H and O–H groups in total. The van der Waals surface area contributed by atoms with Gasteiger partial charge in [0.1, 0.15) is 5.69 Å². The van der Waals surface area contributed by atoms with Crippen molar-refractivity contribution in [2.24, 2.45) is 5.92 Å². The molecule has 2 atom stereocenters. The fraction of sp³-hybridized carbons (Fsp3) is 0.500. The largest absolute Gasteiger partial charge is 0.356 e. The average molecular weight is 564 g/mol. The van der Waals surface area contributed by atoms with Gasteiger partial charge in [0.05, 0.1) is 17.6 Å². The zero-order chi connectivity index (χ0) is 27.2. The summed E-state index contributed by atoms with van der Waals surface area (Å²) in [5.41, 5.74) is 0.743. The van der Waals surface area contributed by atoms with Crippen LogP contribution in [0.2, 0.25) is 10.0 Å². The number of carbonyl (C=O) groups excluding carboxylic acids is 5. The van der Waals surface area contributed by atoms with E-state index >= 15 is 0 Å². The van der Waals surface area contributed by atoms with Gasteiger partial charge in [0.15, 0.2) is 0 Å². The molecular formula is C26H31Cl2N5O5. The highest BCUT2D eigenvalue weighted by molar-refractivity contribution is 6.39. The highest BCUT2D eigenvalue weighted by Crippen LogP contribution is 2.28. The lowest BCUT2D eigenvalue weighted by molar-refractivity contribution is -0.141. The molecule has 1 aliphatic carbocycles. The van der Waals surface area contributed by atoms with Crippen LogP contribution in [0.5, 0.6) is 0 Å². The normalized spacial score (nSPS) is 18.9. The Bertz CT molecular complexity index is 1240. The summed E-state index contributed by atoms with van der Waals surface area (Å²) in [4.78, 5) is 66.4. The highest BCUT2D eigenvalue weighted by Gasteiger charge is 2.34. The first-order valence-corrected chi connectivity index (χ1v) is 13.6. The van der Waals surface area contributed by atoms with Gasteiger partial charge in [-0.3, -0.25) is 24.0 Å². The van der Waals surface area contributed by atoms with Gasteiger partial charge < -0.3 is 26.3 Å². The third-order valence-electron chi connectivity index (χ3n) is 7.04. The van der Waals surface area contributed by atoms with Crippen molar-refractivity contribution >= 4 is 63.5 Å². The van der Waals surface area contributed by atoms with Crippen molar-refractivity contribution in [3.8, 4) is 0 Å². The Kier molecular flexibility index (Phi) is 9.27. The lowest BCUT2D eigenvalue weighted by Gasteiger charge is -2.27. The van der Waals surface area contributed by atoms with Crippen molar-refractivity contribution in [3.05, 3.63) is 33.9 Å². The second-order valence-corrected chi connectivity index (χ2v) is 10.7. The Morgan fingerprint density at radius 3 is 2.50 bits per heavy atom. The van der Waals surface area contributed by atoms with Crippen LogP contribution in [0, 0.1) is 5.92 Å². The number of hydrogen-bond acceptors (Lipinski definition) is 5. The van der Waals surface area contributed by atoms with Crippen molar-refractivity contribution in [2.45, 2.75) is 63.5 Å². The Morgan fingerprint density at radius 1 is 1.00 bits per heavy atom. The van der Waals surface area contributed by atoms with Crippen molar-refractivity contribution in [1.29, 1.82) is 0 Å². The van der Waals surface area contributed by atoms with Crippen molar-refractivity contribution in [1.82, 2.24) is 26.3 Å². The molecule has 0 radical (unpaired) electrons. The van der Waals surface area contributed by atoms with E-state index in [1.807, 2.05) is 0 Å². The van der Waals surface area contributed by atoms with E-state index in [9.17, 15) is 24.0 Å². The van der Waals surface area contributed by atoms with E-state index in [0.717, 1.165) is 38.5 Å². The molecule has 2 unspecified atom stereocenters. The molecule has 204 valence electrons. The molecule has 2 heterocycles. The summed E-state index contributed by atoms with van der Waals surface area (Å²) >= 11 is 12.2. The van der Waals surface area contributed by atoms with Gasteiger partial charge in [-0.25, -0.2) is 0 Å². The smallest absolute Gasteiger partial charge is 0.289 e. The maximum atomic E-state index is 13.1. The van der Waals surface area contributed by atoms with Crippen LogP contribution in [0.15, 0.2) is 18.2 Å². The third-order valence-corrected chi connectivity index (χ3v) is 7.57. The summed E-state index contributed by atoms with van der Waals surface area (Å²) in [6.07, 6.45) is 5.98. The van der Waals surface area contributed by atoms with Crippen molar-refractivity contribution in [2.75, 3.05) is 13.1 Å². The van der Waals surface area contributed by atoms with Gasteiger partial charge in [-0.2, -0.15) is 0 Å². The molecule has 2 fully saturated rings. The molecule has 1 saturated carbocycles. The first kappa shape index (κ1) is 27.9. The number of hydrogen-bond donors (Lipinski definition) is 5. The van der Waals surface area contributed by atoms with Crippen LogP contribution in [0.1, 0.15) is 61.9 Å². The molecule has 1 aromatic carbocycles. The van der Waals surface area contributed by atoms with Gasteiger partial charge in [0, 0.05) is 34.4 Å². The number of benzene rings is 1. The molecule has 0 bridgehead atoms. The maximum Gasteiger partial charge on any atom is 0.289 e. The number of rotatable bonds is 9. The molecule has 1 saturated heterocycles. The fourth-order valence-electron chi connectivity index (χ4n) is 5.02. The number of piperidine rings is 1. The van der Waals surface area contributed by atoms with Crippen molar-refractivity contribution < 1.29 is 24.0 Å². The lowest BCUT2D eigenvalue weighted by atomic mass is 9.89. The number of carbonyl (C=O) groups is 5. The van der Waals surface area contributed by atoms with E-state index in [0.29, 0.717) is 33.9 Å². The van der Waals surface area contributed by atoms with E-state index in [1.165, 1.54) is 0 Å². The number of nitrogens with one attached hydrogen (secondary N) is 5. The van der Waals surface area contributed by atoms with Crippen LogP contribution in [0.3, 0.4) is 0 Å². The topological polar surface area (TPSA) is 149 Å². The van der Waals surface area contributed by atoms with Crippen LogP contribution in [0.25, 0.3) is 10.9 Å². The first-order chi connectivity index (χ1) is 18.2. The minimum atomic E-state index is -1.19. The number of Topliss-reactive ketones (excluding diaryl/α,β-unsaturated/α-hetero) is 1. The molecule has 1 aromatic heterocycles. The molecule has 2 aromatic rings. The summed E-state index contributed by atoms with van der Waals surface area (Å²) in [5.74, 6) is -3.49. The minimum absolute atomic E-state index is 0.00369. The zero-order valence-electron chi connectivity index (χ0n) is 20.8. The number of amides is 4. The van der Waals surface area contributed by atoms with Crippen LogP contribution >= 0.6 is 23.2 Å². The number of aromatic nitrogens is 1. The molecule has 12 heteroatoms. The lowest BCUT2D eigenvalue weighted by Crippen LogP contribution is -2.53. The Hall–Kier alpha value is -3.11. The predicted octanol–water partition coefficient (Wildman–Crippen LogP) is 2.62. The molecule has 4 amide bonds. The van der Waals surface area contributed by atoms with E-state index in [2.05, 4.69) is 26.3 Å². The van der Waals surface area contributed by atoms with Gasteiger partial charge in [-0.1, -0.05) is 42.5 Å². The van der Waals surface area contributed by atoms with Gasteiger partial charge in [-0.15, -0.1) is 0 Å². The van der Waals surface area contributed by atoms with Crippen LogP contribution in [0.4, 0.5) is 0 Å². The summed E-state index contributed by atoms with van der Waals surface area (Å²) < 4.78 is 0. The van der Waals surface area contributed by atoms with Crippen LogP contribution in [-0.4, -0.2) is 59.6 Å². The predicted molar refractivity (Wildman–Crippen MR) is 143 cm³/mol. The molecule has 4 rings (SSSR count). The standard InChI is InChI=1S/C26H31Cl2N5O5/c27-15-10-18(28)17-12-21(32-19(17)11-15)25(37)30-13-22(34)33-20(9-14-5-4-8-29-24(14)36)23(35)26(38)31-16-6-2-1-3-7-16/h10-12,14,16,20,32H,1-9,13H2,(H,29,36)(H,30,37)(H,31,38)(H,33,34). The summed E-state index contributed by atoms with van der Waals surface area (Å²) in [5, 5.41) is 12.0. The van der Waals surface area contributed by atoms with Gasteiger partial charge >= 0.3 is 0 Å². The minimum Gasteiger partial charge on any atom is -0.356 e. The number of aromatic amines is 1. The van der Waals surface area contributed by atoms with E-state index in [-0.39, 0.29) is 24.1 Å². The maximum absolute atomic E-state index is 13.1. The highest BCUT2D eigenvalue weighted by atomic mass is 35.5. The molecule has 10 nitrogen and oxygen atoms in total. The Morgan fingerprint density at radius 2 is 1.76 bits per heavy atom.